The smallest absolute Gasteiger partial charge is 0.0474 e. The zero-order valence-corrected chi connectivity index (χ0v) is 12.9. The molecule has 3 heteroatoms. The Kier molecular flexibility index (Phi) is 4.65. The molecule has 20 heavy (non-hydrogen) atoms. The van der Waals surface area contributed by atoms with Crippen LogP contribution in [0.4, 0.5) is 0 Å². The van der Waals surface area contributed by atoms with Gasteiger partial charge in [-0.1, -0.05) is 36.6 Å². The van der Waals surface area contributed by atoms with E-state index in [1.54, 1.807) is 0 Å². The van der Waals surface area contributed by atoms with Gasteiger partial charge in [-0.3, -0.25) is 4.90 Å². The molecule has 0 amide bonds. The maximum absolute atomic E-state index is 6.16. The van der Waals surface area contributed by atoms with Crippen LogP contribution in [-0.4, -0.2) is 24.0 Å². The number of rotatable bonds is 3. The number of fused-ring (bicyclic) bond motifs is 1. The van der Waals surface area contributed by atoms with Gasteiger partial charge >= 0.3 is 0 Å². The van der Waals surface area contributed by atoms with Crippen LogP contribution >= 0.6 is 11.6 Å². The summed E-state index contributed by atoms with van der Waals surface area (Å²) in [6, 6.07) is 9.33. The number of piperidine rings is 1. The Morgan fingerprint density at radius 1 is 1.20 bits per heavy atom. The molecule has 2 aliphatic rings. The summed E-state index contributed by atoms with van der Waals surface area (Å²) in [4.78, 5) is 2.68. The second-order valence-electron chi connectivity index (χ2n) is 6.30. The molecule has 0 spiro atoms. The van der Waals surface area contributed by atoms with Gasteiger partial charge in [-0.05, 0) is 55.8 Å². The van der Waals surface area contributed by atoms with Gasteiger partial charge in [0.2, 0.25) is 0 Å². The van der Waals surface area contributed by atoms with Gasteiger partial charge in [-0.15, -0.1) is 0 Å². The lowest BCUT2D eigenvalue weighted by Crippen LogP contribution is -2.49. The maximum Gasteiger partial charge on any atom is 0.0474 e. The Balaban J connectivity index is 1.84. The second-order valence-corrected chi connectivity index (χ2v) is 6.73. The third kappa shape index (κ3) is 2.88. The molecule has 1 saturated heterocycles. The van der Waals surface area contributed by atoms with E-state index in [0.717, 1.165) is 17.0 Å². The van der Waals surface area contributed by atoms with Crippen LogP contribution in [0, 0.1) is 5.92 Å². The number of nitrogens with zero attached hydrogens (tertiary/aromatic N) is 1. The van der Waals surface area contributed by atoms with Gasteiger partial charge < -0.3 is 5.73 Å². The van der Waals surface area contributed by atoms with Crippen LogP contribution in [0.5, 0.6) is 0 Å². The third-order valence-corrected chi connectivity index (χ3v) is 5.38. The van der Waals surface area contributed by atoms with Crippen molar-refractivity contribution in [1.29, 1.82) is 0 Å². The zero-order chi connectivity index (χ0) is 13.9. The topological polar surface area (TPSA) is 29.3 Å². The molecular weight excluding hydrogens is 268 g/mol. The lowest BCUT2D eigenvalue weighted by atomic mass is 9.77. The van der Waals surface area contributed by atoms with E-state index in [9.17, 15) is 0 Å². The van der Waals surface area contributed by atoms with Gasteiger partial charge in [0.05, 0.1) is 0 Å². The van der Waals surface area contributed by atoms with Crippen molar-refractivity contribution in [3.05, 3.63) is 34.9 Å². The Morgan fingerprint density at radius 3 is 2.80 bits per heavy atom. The van der Waals surface area contributed by atoms with Gasteiger partial charge in [-0.25, -0.2) is 0 Å². The van der Waals surface area contributed by atoms with Gasteiger partial charge in [0.25, 0.3) is 0 Å². The van der Waals surface area contributed by atoms with Crippen LogP contribution in [0.1, 0.15) is 50.1 Å². The SMILES string of the molecule is NCC(c1cccc(Cl)c1)N1CCCC2CCCCC21. The van der Waals surface area contributed by atoms with E-state index in [0.29, 0.717) is 12.6 Å². The molecule has 1 aromatic rings. The fraction of sp³-hybridized carbons (Fsp3) is 0.647. The Morgan fingerprint density at radius 2 is 2.00 bits per heavy atom. The number of hydrogen-bond acceptors (Lipinski definition) is 2. The van der Waals surface area contributed by atoms with Crippen LogP contribution in [-0.2, 0) is 0 Å². The molecule has 110 valence electrons. The number of benzene rings is 1. The molecule has 1 aliphatic heterocycles. The van der Waals surface area contributed by atoms with E-state index in [2.05, 4.69) is 17.0 Å². The molecule has 0 radical (unpaired) electrons. The van der Waals surface area contributed by atoms with Crippen molar-refractivity contribution in [2.45, 2.75) is 50.6 Å². The number of hydrogen-bond donors (Lipinski definition) is 1. The van der Waals surface area contributed by atoms with Crippen LogP contribution in [0.2, 0.25) is 5.02 Å². The second kappa shape index (κ2) is 6.46. The summed E-state index contributed by atoms with van der Waals surface area (Å²) in [6.07, 6.45) is 8.28. The van der Waals surface area contributed by atoms with E-state index in [1.165, 1.54) is 50.6 Å². The van der Waals surface area contributed by atoms with E-state index in [4.69, 9.17) is 17.3 Å². The first kappa shape index (κ1) is 14.4. The number of nitrogens with two attached hydrogens (primary N) is 1. The van der Waals surface area contributed by atoms with E-state index in [-0.39, 0.29) is 0 Å². The molecule has 1 saturated carbocycles. The summed E-state index contributed by atoms with van der Waals surface area (Å²) in [5.41, 5.74) is 7.41. The largest absolute Gasteiger partial charge is 0.329 e. The Bertz CT molecular complexity index is 446. The summed E-state index contributed by atoms with van der Waals surface area (Å²) < 4.78 is 0. The van der Waals surface area contributed by atoms with Crippen LogP contribution in [0.15, 0.2) is 24.3 Å². The van der Waals surface area contributed by atoms with Gasteiger partial charge in [-0.2, -0.15) is 0 Å². The average molecular weight is 293 g/mol. The highest BCUT2D eigenvalue weighted by Crippen LogP contribution is 2.39. The number of likely N-dealkylation sites (tertiary alicyclic amines) is 1. The van der Waals surface area contributed by atoms with E-state index in [1.807, 2.05) is 12.1 Å². The first-order valence-corrected chi connectivity index (χ1v) is 8.38. The van der Waals surface area contributed by atoms with Crippen molar-refractivity contribution in [3.63, 3.8) is 0 Å². The van der Waals surface area contributed by atoms with Crippen LogP contribution in [0.3, 0.4) is 0 Å². The summed E-state index contributed by atoms with van der Waals surface area (Å²) in [5.74, 6) is 0.894. The van der Waals surface area contributed by atoms with Crippen molar-refractivity contribution >= 4 is 11.6 Å². The molecule has 2 fully saturated rings. The van der Waals surface area contributed by atoms with E-state index < -0.39 is 0 Å². The van der Waals surface area contributed by atoms with E-state index >= 15 is 0 Å². The standard InChI is InChI=1S/C17H25ClN2/c18-15-8-3-6-14(11-15)17(12-19)20-10-4-7-13-5-1-2-9-16(13)20/h3,6,8,11,13,16-17H,1-2,4-5,7,9-10,12,19H2. The van der Waals surface area contributed by atoms with Crippen molar-refractivity contribution in [2.24, 2.45) is 11.7 Å². The molecule has 1 aromatic carbocycles. The van der Waals surface area contributed by atoms with Crippen molar-refractivity contribution in [2.75, 3.05) is 13.1 Å². The first-order chi connectivity index (χ1) is 9.79. The molecule has 0 aromatic heterocycles. The lowest BCUT2D eigenvalue weighted by Gasteiger charge is -2.47. The minimum atomic E-state index is 0.333. The molecule has 2 nitrogen and oxygen atoms in total. The summed E-state index contributed by atoms with van der Waals surface area (Å²) >= 11 is 6.16. The third-order valence-electron chi connectivity index (χ3n) is 5.14. The fourth-order valence-electron chi connectivity index (χ4n) is 4.23. The minimum absolute atomic E-state index is 0.333. The molecule has 2 N–H and O–H groups in total. The molecular formula is C17H25ClN2. The Hall–Kier alpha value is -0.570. The van der Waals surface area contributed by atoms with Gasteiger partial charge in [0, 0.05) is 23.7 Å². The maximum atomic E-state index is 6.16. The fourth-order valence-corrected chi connectivity index (χ4v) is 4.43. The summed E-state index contributed by atoms with van der Waals surface area (Å²) in [7, 11) is 0. The molecule has 3 atom stereocenters. The molecule has 3 rings (SSSR count). The van der Waals surface area contributed by atoms with Gasteiger partial charge in [0.1, 0.15) is 0 Å². The highest BCUT2D eigenvalue weighted by atomic mass is 35.5. The predicted octanol–water partition coefficient (Wildman–Crippen LogP) is 3.99. The highest BCUT2D eigenvalue weighted by Gasteiger charge is 2.36. The predicted molar refractivity (Wildman–Crippen MR) is 84.9 cm³/mol. The van der Waals surface area contributed by atoms with Crippen LogP contribution < -0.4 is 5.73 Å². The average Bonchev–Trinajstić information content (AvgIpc) is 2.48. The van der Waals surface area contributed by atoms with Gasteiger partial charge in [0.15, 0.2) is 0 Å². The summed E-state index contributed by atoms with van der Waals surface area (Å²) in [5, 5.41) is 0.818. The summed E-state index contributed by atoms with van der Waals surface area (Å²) in [6.45, 7) is 1.87. The number of halogens is 1. The quantitative estimate of drug-likeness (QED) is 0.912. The van der Waals surface area contributed by atoms with Crippen molar-refractivity contribution < 1.29 is 0 Å². The van der Waals surface area contributed by atoms with Crippen LogP contribution in [0.25, 0.3) is 0 Å². The minimum Gasteiger partial charge on any atom is -0.329 e. The molecule has 0 bridgehead atoms. The lowest BCUT2D eigenvalue weighted by molar-refractivity contribution is 0.0276. The monoisotopic (exact) mass is 292 g/mol. The normalized spacial score (nSPS) is 28.9. The first-order valence-electron chi connectivity index (χ1n) is 8.01. The molecule has 1 heterocycles. The highest BCUT2D eigenvalue weighted by molar-refractivity contribution is 6.30. The molecule has 1 aliphatic carbocycles. The van der Waals surface area contributed by atoms with Crippen molar-refractivity contribution in [3.8, 4) is 0 Å². The Labute approximate surface area is 127 Å². The molecule has 3 unspecified atom stereocenters. The van der Waals surface area contributed by atoms with Crippen molar-refractivity contribution in [1.82, 2.24) is 4.90 Å². The zero-order valence-electron chi connectivity index (χ0n) is 12.1.